The van der Waals surface area contributed by atoms with Gasteiger partial charge in [-0.25, -0.2) is 0 Å². The Morgan fingerprint density at radius 1 is 1.10 bits per heavy atom. The fourth-order valence-electron chi connectivity index (χ4n) is 4.39. The second-order valence-electron chi connectivity index (χ2n) is 7.55. The van der Waals surface area contributed by atoms with E-state index >= 15 is 0 Å². The Morgan fingerprint density at radius 2 is 1.79 bits per heavy atom. The number of carbonyl (C=O) groups excluding carboxylic acids is 1. The van der Waals surface area contributed by atoms with Crippen LogP contribution in [0.1, 0.15) is 5.56 Å². The number of hydrogen-bond acceptors (Lipinski definition) is 3. The lowest BCUT2D eigenvalue weighted by Gasteiger charge is -2.25. The number of anilines is 1. The summed E-state index contributed by atoms with van der Waals surface area (Å²) < 4.78 is 40.9. The molecule has 2 heterocycles. The van der Waals surface area contributed by atoms with Gasteiger partial charge in [-0.3, -0.25) is 9.69 Å². The zero-order valence-corrected chi connectivity index (χ0v) is 15.7. The van der Waals surface area contributed by atoms with Gasteiger partial charge in [0.05, 0.1) is 5.41 Å². The first-order valence-electron chi connectivity index (χ1n) is 9.38. The number of alkyl halides is 3. The van der Waals surface area contributed by atoms with Crippen LogP contribution in [-0.2, 0) is 11.3 Å². The molecule has 2 fully saturated rings. The smallest absolute Gasteiger partial charge is 0.406 e. The summed E-state index contributed by atoms with van der Waals surface area (Å²) in [5.41, 5.74) is 1.08. The maximum atomic E-state index is 13.3. The molecule has 4 rings (SSSR count). The van der Waals surface area contributed by atoms with E-state index in [1.165, 1.54) is 29.8 Å². The van der Waals surface area contributed by atoms with Gasteiger partial charge >= 0.3 is 6.36 Å². The molecule has 2 atom stereocenters. The zero-order chi connectivity index (χ0) is 20.6. The van der Waals surface area contributed by atoms with E-state index in [0.29, 0.717) is 18.8 Å². The van der Waals surface area contributed by atoms with Crippen LogP contribution in [0.25, 0.3) is 0 Å². The molecule has 2 aromatic rings. The van der Waals surface area contributed by atoms with Gasteiger partial charge in [0.25, 0.3) is 0 Å². The normalized spacial score (nSPS) is 24.6. The summed E-state index contributed by atoms with van der Waals surface area (Å²) >= 11 is 0. The quantitative estimate of drug-likeness (QED) is 0.702. The minimum absolute atomic E-state index is 0.0578. The van der Waals surface area contributed by atoms with Crippen molar-refractivity contribution in [3.63, 3.8) is 0 Å². The Labute approximate surface area is 167 Å². The lowest BCUT2D eigenvalue weighted by atomic mass is 9.80. The SMILES string of the molecule is C=CC12CN(Cc3ccccc3)CC1CN(c1ccc(OC(F)(F)F)cc1)C2=O. The van der Waals surface area contributed by atoms with E-state index < -0.39 is 11.8 Å². The maximum Gasteiger partial charge on any atom is 0.573 e. The summed E-state index contributed by atoms with van der Waals surface area (Å²) in [4.78, 5) is 17.2. The molecular weight excluding hydrogens is 381 g/mol. The van der Waals surface area contributed by atoms with Gasteiger partial charge in [0, 0.05) is 37.8 Å². The van der Waals surface area contributed by atoms with Crippen molar-refractivity contribution in [2.24, 2.45) is 11.3 Å². The topological polar surface area (TPSA) is 32.8 Å². The summed E-state index contributed by atoms with van der Waals surface area (Å²) in [7, 11) is 0. The summed E-state index contributed by atoms with van der Waals surface area (Å²) in [6.45, 7) is 6.55. The van der Waals surface area contributed by atoms with Crippen molar-refractivity contribution in [3.8, 4) is 5.75 Å². The molecule has 7 heteroatoms. The van der Waals surface area contributed by atoms with E-state index in [2.05, 4.69) is 28.3 Å². The minimum atomic E-state index is -4.74. The van der Waals surface area contributed by atoms with E-state index in [-0.39, 0.29) is 17.6 Å². The molecule has 1 amide bonds. The van der Waals surface area contributed by atoms with Crippen LogP contribution >= 0.6 is 0 Å². The first-order chi connectivity index (χ1) is 13.8. The van der Waals surface area contributed by atoms with Crippen molar-refractivity contribution in [3.05, 3.63) is 72.8 Å². The third-order valence-electron chi connectivity index (χ3n) is 5.73. The van der Waals surface area contributed by atoms with Gasteiger partial charge in [-0.2, -0.15) is 0 Å². The van der Waals surface area contributed by atoms with E-state index in [1.54, 1.807) is 11.0 Å². The van der Waals surface area contributed by atoms with E-state index in [9.17, 15) is 18.0 Å². The number of nitrogens with zero attached hydrogens (tertiary/aromatic N) is 2. The lowest BCUT2D eigenvalue weighted by Crippen LogP contribution is -2.38. The molecule has 2 aliphatic heterocycles. The Kier molecular flexibility index (Phi) is 4.86. The van der Waals surface area contributed by atoms with Crippen molar-refractivity contribution in [1.29, 1.82) is 0 Å². The number of amides is 1. The third-order valence-corrected chi connectivity index (χ3v) is 5.73. The highest BCUT2D eigenvalue weighted by molar-refractivity contribution is 6.02. The molecule has 0 bridgehead atoms. The highest BCUT2D eigenvalue weighted by Gasteiger charge is 2.57. The van der Waals surface area contributed by atoms with Gasteiger partial charge in [-0.1, -0.05) is 36.4 Å². The largest absolute Gasteiger partial charge is 0.573 e. The van der Waals surface area contributed by atoms with Crippen LogP contribution in [0.15, 0.2) is 67.3 Å². The van der Waals surface area contributed by atoms with Crippen LogP contribution in [0.5, 0.6) is 5.75 Å². The molecular formula is C22H21F3N2O2. The highest BCUT2D eigenvalue weighted by atomic mass is 19.4. The molecule has 2 aliphatic rings. The third kappa shape index (κ3) is 3.74. The van der Waals surface area contributed by atoms with Crippen LogP contribution in [-0.4, -0.2) is 36.8 Å². The summed E-state index contributed by atoms with van der Waals surface area (Å²) in [5.74, 6) is -0.277. The second-order valence-corrected chi connectivity index (χ2v) is 7.55. The molecule has 0 radical (unpaired) electrons. The van der Waals surface area contributed by atoms with Crippen molar-refractivity contribution < 1.29 is 22.7 Å². The molecule has 0 N–H and O–H groups in total. The van der Waals surface area contributed by atoms with Crippen molar-refractivity contribution in [2.75, 3.05) is 24.5 Å². The number of benzene rings is 2. The fourth-order valence-corrected chi connectivity index (χ4v) is 4.39. The van der Waals surface area contributed by atoms with Gasteiger partial charge < -0.3 is 9.64 Å². The number of hydrogen-bond donors (Lipinski definition) is 0. The summed E-state index contributed by atoms with van der Waals surface area (Å²) in [6.07, 6.45) is -3.00. The number of rotatable bonds is 5. The average Bonchev–Trinajstić information content (AvgIpc) is 3.16. The minimum Gasteiger partial charge on any atom is -0.406 e. The van der Waals surface area contributed by atoms with Crippen LogP contribution in [0.4, 0.5) is 18.9 Å². The average molecular weight is 402 g/mol. The fraction of sp³-hybridized carbons (Fsp3) is 0.318. The Bertz CT molecular complexity index is 899. The van der Waals surface area contributed by atoms with Crippen molar-refractivity contribution in [2.45, 2.75) is 12.9 Å². The van der Waals surface area contributed by atoms with Crippen LogP contribution in [0.2, 0.25) is 0 Å². The molecule has 0 aliphatic carbocycles. The van der Waals surface area contributed by atoms with Gasteiger partial charge in [0.1, 0.15) is 5.75 Å². The van der Waals surface area contributed by atoms with Gasteiger partial charge in [-0.05, 0) is 29.8 Å². The summed E-state index contributed by atoms with van der Waals surface area (Å²) in [5, 5.41) is 0. The number of halogens is 3. The van der Waals surface area contributed by atoms with Crippen LogP contribution in [0, 0.1) is 11.3 Å². The first-order valence-corrected chi connectivity index (χ1v) is 9.38. The Hall–Kier alpha value is -2.80. The molecule has 2 saturated heterocycles. The van der Waals surface area contributed by atoms with E-state index in [4.69, 9.17) is 0 Å². The highest BCUT2D eigenvalue weighted by Crippen LogP contribution is 2.46. The van der Waals surface area contributed by atoms with Crippen molar-refractivity contribution >= 4 is 11.6 Å². The van der Waals surface area contributed by atoms with Gasteiger partial charge in [0.2, 0.25) is 5.91 Å². The lowest BCUT2D eigenvalue weighted by molar-refractivity contribution is -0.274. The summed E-state index contributed by atoms with van der Waals surface area (Å²) in [6, 6.07) is 15.5. The zero-order valence-electron chi connectivity index (χ0n) is 15.7. The number of fused-ring (bicyclic) bond motifs is 1. The number of ether oxygens (including phenoxy) is 1. The molecule has 0 saturated carbocycles. The number of likely N-dealkylation sites (tertiary alicyclic amines) is 1. The predicted molar refractivity (Wildman–Crippen MR) is 103 cm³/mol. The Morgan fingerprint density at radius 3 is 2.38 bits per heavy atom. The monoisotopic (exact) mass is 402 g/mol. The molecule has 0 aromatic heterocycles. The van der Waals surface area contributed by atoms with E-state index in [1.807, 2.05) is 18.2 Å². The molecule has 4 nitrogen and oxygen atoms in total. The molecule has 152 valence electrons. The molecule has 29 heavy (non-hydrogen) atoms. The second kappa shape index (κ2) is 7.22. The standard InChI is InChI=1S/C22H21F3N2O2/c1-2-21-15-26(12-16-6-4-3-5-7-16)13-17(21)14-27(20(21)28)18-8-10-19(11-9-18)29-22(23,24)25/h2-11,17H,1,12-15H2. The van der Waals surface area contributed by atoms with Gasteiger partial charge in [-0.15, -0.1) is 19.8 Å². The van der Waals surface area contributed by atoms with Crippen LogP contribution in [0.3, 0.4) is 0 Å². The number of carbonyl (C=O) groups is 1. The Balaban J connectivity index is 1.49. The maximum absolute atomic E-state index is 13.3. The van der Waals surface area contributed by atoms with Gasteiger partial charge in [0.15, 0.2) is 0 Å². The molecule has 0 spiro atoms. The first kappa shape index (κ1) is 19.5. The molecule has 2 unspecified atom stereocenters. The van der Waals surface area contributed by atoms with E-state index in [0.717, 1.165) is 13.1 Å². The van der Waals surface area contributed by atoms with Crippen molar-refractivity contribution in [1.82, 2.24) is 4.90 Å². The van der Waals surface area contributed by atoms with Crippen LogP contribution < -0.4 is 9.64 Å². The predicted octanol–water partition coefficient (Wildman–Crippen LogP) is 4.24. The molecule has 2 aromatic carbocycles.